The van der Waals surface area contributed by atoms with Gasteiger partial charge in [-0.15, -0.1) is 0 Å². The van der Waals surface area contributed by atoms with Crippen LogP contribution in [0, 0.1) is 13.8 Å². The van der Waals surface area contributed by atoms with Crippen LogP contribution in [0.2, 0.25) is 0 Å². The van der Waals surface area contributed by atoms with Gasteiger partial charge in [0.15, 0.2) is 0 Å². The van der Waals surface area contributed by atoms with Gasteiger partial charge in [0, 0.05) is 0 Å². The molecule has 148 valence electrons. The van der Waals surface area contributed by atoms with Gasteiger partial charge >= 0.3 is 0 Å². The van der Waals surface area contributed by atoms with Crippen molar-refractivity contribution in [3.05, 3.63) is 106 Å². The molecule has 1 spiro atoms. The molecule has 31 heavy (non-hydrogen) atoms. The Balaban J connectivity index is 1.87. The monoisotopic (exact) mass is 434 g/mol. The first-order valence-corrected chi connectivity index (χ1v) is 11.2. The number of fused-ring (bicyclic) bond motifs is 10. The van der Waals surface area contributed by atoms with Gasteiger partial charge in [-0.25, -0.2) is 9.49 Å². The van der Waals surface area contributed by atoms with Crippen LogP contribution in [-0.2, 0) is 5.41 Å². The highest BCUT2D eigenvalue weighted by Gasteiger charge is 2.52. The van der Waals surface area contributed by atoms with Crippen molar-refractivity contribution in [2.45, 2.75) is 19.3 Å². The van der Waals surface area contributed by atoms with E-state index in [-0.39, 0.29) is 5.41 Å². The summed E-state index contributed by atoms with van der Waals surface area (Å²) in [6.07, 6.45) is 0. The van der Waals surface area contributed by atoms with Crippen molar-refractivity contribution in [3.8, 4) is 22.3 Å². The fourth-order valence-electron chi connectivity index (χ4n) is 5.57. The number of benzene rings is 4. The van der Waals surface area contributed by atoms with E-state index in [1.165, 1.54) is 55.6 Å². The molecule has 0 amide bonds. The van der Waals surface area contributed by atoms with Crippen molar-refractivity contribution in [2.24, 2.45) is 9.49 Å². The largest absolute Gasteiger partial charge is 0.236 e. The lowest BCUT2D eigenvalue weighted by Gasteiger charge is -2.31. The second-order valence-corrected chi connectivity index (χ2v) is 8.98. The van der Waals surface area contributed by atoms with Crippen molar-refractivity contribution in [2.75, 3.05) is 0 Å². The van der Waals surface area contributed by atoms with Gasteiger partial charge in [-0.3, -0.25) is 0 Å². The zero-order valence-corrected chi connectivity index (χ0v) is 19.3. The van der Waals surface area contributed by atoms with E-state index in [9.17, 15) is 0 Å². The molecular formula is C27H20N2P2. The molecule has 0 radical (unpaired) electrons. The molecule has 4 heteroatoms. The third kappa shape index (κ3) is 2.35. The molecule has 2 nitrogen and oxygen atoms in total. The number of rotatable bonds is 2. The highest BCUT2D eigenvalue weighted by molar-refractivity contribution is 7.04. The van der Waals surface area contributed by atoms with Gasteiger partial charge in [-0.1, -0.05) is 59.7 Å². The second-order valence-electron chi connectivity index (χ2n) is 8.53. The molecule has 0 N–H and O–H groups in total. The summed E-state index contributed by atoms with van der Waals surface area (Å²) in [5.74, 6) is 0. The van der Waals surface area contributed by atoms with E-state index in [2.05, 4.69) is 114 Å². The lowest BCUT2D eigenvalue weighted by atomic mass is 9.70. The van der Waals surface area contributed by atoms with Gasteiger partial charge in [0.1, 0.15) is 0 Å². The average Bonchev–Trinajstić information content (AvgIpc) is 3.23. The van der Waals surface area contributed by atoms with Crippen LogP contribution in [0.1, 0.15) is 33.4 Å². The van der Waals surface area contributed by atoms with Crippen molar-refractivity contribution in [3.63, 3.8) is 0 Å². The van der Waals surface area contributed by atoms with Crippen molar-refractivity contribution in [1.82, 2.24) is 0 Å². The van der Waals surface area contributed by atoms with Crippen LogP contribution in [-0.4, -0.2) is 0 Å². The summed E-state index contributed by atoms with van der Waals surface area (Å²) >= 11 is 0. The lowest BCUT2D eigenvalue weighted by Crippen LogP contribution is -2.26. The minimum absolute atomic E-state index is 0.382. The minimum atomic E-state index is -0.382. The predicted molar refractivity (Wildman–Crippen MR) is 133 cm³/mol. The van der Waals surface area contributed by atoms with E-state index in [1.54, 1.807) is 0 Å². The standard InChI is InChI=1S/C27H20N2P2/c1-15-3-7-19-21-9-5-17(28-30)13-25(21)27(23(19)11-15)24-12-16(2)4-8-20(24)22-10-6-18(29-31)14-26(22)27/h3-14,30-31H,1-2H3. The molecule has 0 fully saturated rings. The summed E-state index contributed by atoms with van der Waals surface area (Å²) in [4.78, 5) is 0. The SMILES string of the molecule is Cc1ccc2c(c1)C1(c3cc(C)ccc3-c3ccc(N=P)cc31)c1cc(N=P)ccc1-2. The fraction of sp³-hybridized carbons (Fsp3) is 0.111. The van der Waals surface area contributed by atoms with Crippen LogP contribution in [0.4, 0.5) is 11.4 Å². The Morgan fingerprint density at radius 2 is 0.871 bits per heavy atom. The van der Waals surface area contributed by atoms with Gasteiger partial charge < -0.3 is 0 Å². The summed E-state index contributed by atoms with van der Waals surface area (Å²) in [6.45, 7) is 4.35. The van der Waals surface area contributed by atoms with E-state index >= 15 is 0 Å². The van der Waals surface area contributed by atoms with Crippen LogP contribution in [0.15, 0.2) is 82.3 Å². The summed E-state index contributed by atoms with van der Waals surface area (Å²) in [6, 6.07) is 26.7. The molecule has 0 unspecified atom stereocenters. The maximum atomic E-state index is 4.33. The Bertz CT molecular complexity index is 1340. The summed E-state index contributed by atoms with van der Waals surface area (Å²) in [5, 5.41) is 0. The highest BCUT2D eigenvalue weighted by Crippen LogP contribution is 2.63. The number of nitrogens with zero attached hydrogens (tertiary/aromatic N) is 2. The third-order valence-corrected chi connectivity index (χ3v) is 7.33. The first-order chi connectivity index (χ1) is 15.1. The summed E-state index contributed by atoms with van der Waals surface area (Å²) in [7, 11) is 6.73. The molecule has 2 aliphatic carbocycles. The third-order valence-electron chi connectivity index (χ3n) is 6.81. The van der Waals surface area contributed by atoms with E-state index in [0.29, 0.717) is 0 Å². The Morgan fingerprint density at radius 3 is 1.26 bits per heavy atom. The van der Waals surface area contributed by atoms with Gasteiger partial charge in [0.25, 0.3) is 0 Å². The molecule has 0 aliphatic heterocycles. The van der Waals surface area contributed by atoms with Crippen LogP contribution < -0.4 is 0 Å². The Labute approximate surface area is 186 Å². The van der Waals surface area contributed by atoms with Crippen molar-refractivity contribution < 1.29 is 0 Å². The molecular weight excluding hydrogens is 414 g/mol. The molecule has 0 atom stereocenters. The van der Waals surface area contributed by atoms with Crippen LogP contribution >= 0.6 is 18.1 Å². The summed E-state index contributed by atoms with van der Waals surface area (Å²) < 4.78 is 8.65. The molecule has 0 saturated carbocycles. The van der Waals surface area contributed by atoms with Crippen LogP contribution in [0.25, 0.3) is 22.3 Å². The quantitative estimate of drug-likeness (QED) is 0.244. The predicted octanol–water partition coefficient (Wildman–Crippen LogP) is 8.56. The Hall–Kier alpha value is -2.92. The zero-order valence-electron chi connectivity index (χ0n) is 17.3. The van der Waals surface area contributed by atoms with Gasteiger partial charge in [-0.05, 0) is 101 Å². The summed E-state index contributed by atoms with van der Waals surface area (Å²) in [5.41, 5.74) is 14.4. The first-order valence-electron chi connectivity index (χ1n) is 10.3. The van der Waals surface area contributed by atoms with Crippen LogP contribution in [0.3, 0.4) is 0 Å². The number of hydrogen-bond donors (Lipinski definition) is 0. The van der Waals surface area contributed by atoms with E-state index in [4.69, 9.17) is 0 Å². The van der Waals surface area contributed by atoms with E-state index in [1.807, 2.05) is 0 Å². The average molecular weight is 434 g/mol. The molecule has 6 rings (SSSR count). The maximum Gasteiger partial charge on any atom is 0.0727 e. The van der Waals surface area contributed by atoms with Crippen molar-refractivity contribution >= 4 is 29.4 Å². The molecule has 0 bridgehead atoms. The van der Waals surface area contributed by atoms with E-state index in [0.717, 1.165) is 11.4 Å². The maximum absolute atomic E-state index is 4.33. The van der Waals surface area contributed by atoms with Crippen LogP contribution in [0.5, 0.6) is 0 Å². The van der Waals surface area contributed by atoms with Crippen molar-refractivity contribution in [1.29, 1.82) is 0 Å². The molecule has 0 heterocycles. The number of hydrogen-bond acceptors (Lipinski definition) is 2. The molecule has 4 aromatic rings. The molecule has 0 saturated heterocycles. The smallest absolute Gasteiger partial charge is 0.0727 e. The Morgan fingerprint density at radius 1 is 0.516 bits per heavy atom. The highest BCUT2D eigenvalue weighted by atomic mass is 31.0. The lowest BCUT2D eigenvalue weighted by molar-refractivity contribution is 0.792. The normalized spacial score (nSPS) is 17.1. The first kappa shape index (κ1) is 18.8. The van der Waals surface area contributed by atoms with Gasteiger partial charge in [0.05, 0.1) is 16.8 Å². The minimum Gasteiger partial charge on any atom is -0.236 e. The zero-order chi connectivity index (χ0) is 21.3. The van der Waals surface area contributed by atoms with E-state index < -0.39 is 0 Å². The fourth-order valence-corrected chi connectivity index (χ4v) is 5.85. The Kier molecular flexibility index (Phi) is 3.97. The topological polar surface area (TPSA) is 24.7 Å². The van der Waals surface area contributed by atoms with Gasteiger partial charge in [0.2, 0.25) is 0 Å². The second kappa shape index (κ2) is 6.54. The molecule has 2 aliphatic rings. The number of aryl methyl sites for hydroxylation is 2. The molecule has 0 aromatic heterocycles. The molecule has 4 aromatic carbocycles. The van der Waals surface area contributed by atoms with Gasteiger partial charge in [-0.2, -0.15) is 0 Å².